The molecule has 2 amide bonds. The molecule has 0 radical (unpaired) electrons. The molecule has 1 aliphatic rings. The number of carbonyl (C=O) groups is 2. The fraction of sp³-hybridized carbons (Fsp3) is 0.217. The predicted molar refractivity (Wildman–Crippen MR) is 140 cm³/mol. The lowest BCUT2D eigenvalue weighted by molar-refractivity contribution is 0.0724. The van der Waals surface area contributed by atoms with E-state index in [1.807, 2.05) is 24.3 Å². The zero-order valence-electron chi connectivity index (χ0n) is 17.0. The fourth-order valence-electron chi connectivity index (χ4n) is 3.96. The minimum atomic E-state index is -0.124. The summed E-state index contributed by atoms with van der Waals surface area (Å²) >= 11 is 27.9. The van der Waals surface area contributed by atoms with Crippen LogP contribution in [0.4, 0.5) is 0 Å². The average Bonchev–Trinajstić information content (AvgIpc) is 3.16. The molecule has 1 saturated heterocycles. The molecule has 10 heteroatoms. The van der Waals surface area contributed by atoms with E-state index in [1.165, 1.54) is 22.7 Å². The number of rotatable bonds is 2. The molecular weight excluding hydrogens is 542 g/mol. The van der Waals surface area contributed by atoms with Crippen molar-refractivity contribution in [2.24, 2.45) is 0 Å². The molecule has 33 heavy (non-hydrogen) atoms. The van der Waals surface area contributed by atoms with E-state index in [-0.39, 0.29) is 11.8 Å². The second-order valence-electron chi connectivity index (χ2n) is 7.71. The van der Waals surface area contributed by atoms with Gasteiger partial charge in [0.1, 0.15) is 9.75 Å². The van der Waals surface area contributed by atoms with Crippen LogP contribution in [0.1, 0.15) is 25.8 Å². The topological polar surface area (TPSA) is 40.6 Å². The third kappa shape index (κ3) is 4.33. The van der Waals surface area contributed by atoms with Gasteiger partial charge in [-0.1, -0.05) is 58.5 Å². The molecule has 1 fully saturated rings. The quantitative estimate of drug-likeness (QED) is 0.253. The number of fused-ring (bicyclic) bond motifs is 2. The second-order valence-corrected chi connectivity index (χ2v) is 11.4. The largest absolute Gasteiger partial charge is 0.336 e. The van der Waals surface area contributed by atoms with E-state index in [9.17, 15) is 9.59 Å². The van der Waals surface area contributed by atoms with Gasteiger partial charge in [-0.15, -0.1) is 22.7 Å². The maximum absolute atomic E-state index is 13.3. The molecule has 0 saturated carbocycles. The summed E-state index contributed by atoms with van der Waals surface area (Å²) in [6, 6.07) is 10.8. The first-order valence-electron chi connectivity index (χ1n) is 10.2. The summed E-state index contributed by atoms with van der Waals surface area (Å²) in [5, 5.41) is 3.74. The highest BCUT2D eigenvalue weighted by molar-refractivity contribution is 7.22. The van der Waals surface area contributed by atoms with Crippen LogP contribution in [0, 0.1) is 0 Å². The van der Waals surface area contributed by atoms with Gasteiger partial charge in [-0.2, -0.15) is 0 Å². The van der Waals surface area contributed by atoms with Gasteiger partial charge < -0.3 is 9.80 Å². The van der Waals surface area contributed by atoms with Crippen LogP contribution >= 0.6 is 69.1 Å². The van der Waals surface area contributed by atoms with Gasteiger partial charge in [0, 0.05) is 56.4 Å². The highest BCUT2D eigenvalue weighted by atomic mass is 35.5. The Bertz CT molecular complexity index is 1310. The molecular formula is C23H16Cl4N2O2S2. The maximum Gasteiger partial charge on any atom is 0.265 e. The maximum atomic E-state index is 13.3. The van der Waals surface area contributed by atoms with Crippen molar-refractivity contribution >= 4 is 101 Å². The van der Waals surface area contributed by atoms with Crippen molar-refractivity contribution in [3.8, 4) is 0 Å². The number of carbonyl (C=O) groups excluding carboxylic acids is 2. The lowest BCUT2D eigenvalue weighted by Gasteiger charge is -2.21. The minimum Gasteiger partial charge on any atom is -0.336 e. The van der Waals surface area contributed by atoms with Crippen molar-refractivity contribution in [1.29, 1.82) is 0 Å². The Morgan fingerprint density at radius 3 is 1.52 bits per heavy atom. The first kappa shape index (κ1) is 23.2. The van der Waals surface area contributed by atoms with E-state index >= 15 is 0 Å². The molecule has 0 bridgehead atoms. The summed E-state index contributed by atoms with van der Waals surface area (Å²) in [4.78, 5) is 31.0. The molecule has 0 unspecified atom stereocenters. The average molecular weight is 558 g/mol. The highest BCUT2D eigenvalue weighted by Crippen LogP contribution is 2.39. The van der Waals surface area contributed by atoms with E-state index in [2.05, 4.69) is 0 Å². The Morgan fingerprint density at radius 1 is 0.667 bits per heavy atom. The van der Waals surface area contributed by atoms with Gasteiger partial charge in [-0.05, 0) is 30.7 Å². The number of hydrogen-bond acceptors (Lipinski definition) is 4. The molecule has 4 nitrogen and oxygen atoms in total. The Morgan fingerprint density at radius 2 is 1.09 bits per heavy atom. The summed E-state index contributed by atoms with van der Waals surface area (Å²) in [6.07, 6.45) is 0.667. The number of benzene rings is 2. The van der Waals surface area contributed by atoms with E-state index in [1.54, 1.807) is 21.9 Å². The van der Waals surface area contributed by atoms with Crippen LogP contribution in [0.5, 0.6) is 0 Å². The Labute approximate surface area is 218 Å². The third-order valence-corrected chi connectivity index (χ3v) is 9.40. The number of halogens is 4. The number of nitrogens with zero attached hydrogens (tertiary/aromatic N) is 2. The SMILES string of the molecule is O=C(c1sc2cc(Cl)ccc2c1Cl)N1CCCN(C(=O)c2sc3cc(Cl)ccc3c2Cl)CC1. The van der Waals surface area contributed by atoms with Crippen LogP contribution in [0.15, 0.2) is 36.4 Å². The van der Waals surface area contributed by atoms with E-state index in [4.69, 9.17) is 46.4 Å². The van der Waals surface area contributed by atoms with Gasteiger partial charge in [-0.3, -0.25) is 9.59 Å². The van der Waals surface area contributed by atoms with Crippen molar-refractivity contribution in [2.75, 3.05) is 26.2 Å². The number of hydrogen-bond donors (Lipinski definition) is 0. The zero-order chi connectivity index (χ0) is 23.3. The molecule has 0 aliphatic carbocycles. The van der Waals surface area contributed by atoms with Crippen molar-refractivity contribution in [2.45, 2.75) is 6.42 Å². The number of amides is 2. The van der Waals surface area contributed by atoms with Gasteiger partial charge in [-0.25, -0.2) is 0 Å². The first-order valence-corrected chi connectivity index (χ1v) is 13.3. The molecule has 170 valence electrons. The monoisotopic (exact) mass is 556 g/mol. The third-order valence-electron chi connectivity index (χ3n) is 5.64. The highest BCUT2D eigenvalue weighted by Gasteiger charge is 2.28. The number of thiophene rings is 2. The van der Waals surface area contributed by atoms with Crippen LogP contribution in [0.3, 0.4) is 0 Å². The van der Waals surface area contributed by atoms with Crippen molar-refractivity contribution in [3.63, 3.8) is 0 Å². The second kappa shape index (κ2) is 9.25. The molecule has 4 aromatic rings. The minimum absolute atomic E-state index is 0.124. The summed E-state index contributed by atoms with van der Waals surface area (Å²) in [5.74, 6) is -0.248. The molecule has 0 spiro atoms. The molecule has 1 aliphatic heterocycles. The van der Waals surface area contributed by atoms with Gasteiger partial charge >= 0.3 is 0 Å². The van der Waals surface area contributed by atoms with Crippen molar-refractivity contribution < 1.29 is 9.59 Å². The Hall–Kier alpha value is -1.54. The van der Waals surface area contributed by atoms with Gasteiger partial charge in [0.25, 0.3) is 11.8 Å². The molecule has 2 aromatic carbocycles. The van der Waals surface area contributed by atoms with Crippen LogP contribution in [0.25, 0.3) is 20.2 Å². The molecule has 0 N–H and O–H groups in total. The molecule has 2 aromatic heterocycles. The van der Waals surface area contributed by atoms with Crippen molar-refractivity contribution in [1.82, 2.24) is 9.80 Å². The van der Waals surface area contributed by atoms with E-state index in [0.717, 1.165) is 20.2 Å². The first-order chi connectivity index (χ1) is 15.8. The summed E-state index contributed by atoms with van der Waals surface area (Å²) in [7, 11) is 0. The van der Waals surface area contributed by atoms with Crippen LogP contribution < -0.4 is 0 Å². The molecule has 5 rings (SSSR count). The van der Waals surface area contributed by atoms with Crippen molar-refractivity contribution in [3.05, 3.63) is 66.2 Å². The van der Waals surface area contributed by atoms with E-state index < -0.39 is 0 Å². The lowest BCUT2D eigenvalue weighted by Crippen LogP contribution is -2.37. The smallest absolute Gasteiger partial charge is 0.265 e. The lowest BCUT2D eigenvalue weighted by atomic mass is 10.2. The van der Waals surface area contributed by atoms with Crippen LogP contribution in [-0.2, 0) is 0 Å². The zero-order valence-corrected chi connectivity index (χ0v) is 21.7. The summed E-state index contributed by atoms with van der Waals surface area (Å²) in [5.41, 5.74) is 0. The molecule has 0 atom stereocenters. The van der Waals surface area contributed by atoms with Gasteiger partial charge in [0.2, 0.25) is 0 Å². The van der Waals surface area contributed by atoms with Gasteiger partial charge in [0.05, 0.1) is 10.0 Å². The fourth-order valence-corrected chi connectivity index (χ4v) is 7.48. The summed E-state index contributed by atoms with van der Waals surface area (Å²) in [6.45, 7) is 1.93. The predicted octanol–water partition coefficient (Wildman–Crippen LogP) is 7.72. The molecule has 3 heterocycles. The van der Waals surface area contributed by atoms with Crippen LogP contribution in [0.2, 0.25) is 20.1 Å². The van der Waals surface area contributed by atoms with E-state index in [0.29, 0.717) is 62.4 Å². The normalized spacial score (nSPS) is 14.8. The summed E-state index contributed by atoms with van der Waals surface area (Å²) < 4.78 is 1.75. The Balaban J connectivity index is 1.35. The van der Waals surface area contributed by atoms with Gasteiger partial charge in [0.15, 0.2) is 0 Å². The standard InChI is InChI=1S/C23H16Cl4N2O2S2/c24-12-2-4-14-16(10-12)32-20(18(14)26)22(30)28-6-1-7-29(9-8-28)23(31)21-19(27)15-5-3-13(25)11-17(15)33-21/h2-5,10-11H,1,6-9H2. The Kier molecular flexibility index (Phi) is 6.51. The van der Waals surface area contributed by atoms with Crippen LogP contribution in [-0.4, -0.2) is 47.8 Å².